The molecule has 25 heavy (non-hydrogen) atoms. The molecule has 2 aromatic rings. The third-order valence-corrected chi connectivity index (χ3v) is 3.71. The number of carbonyl (C=O) groups excluding carboxylic acids is 2. The molecule has 0 fully saturated rings. The molecule has 0 bridgehead atoms. The first kappa shape index (κ1) is 18.8. The second-order valence-electron chi connectivity index (χ2n) is 5.69. The summed E-state index contributed by atoms with van der Waals surface area (Å²) in [4.78, 5) is 23.9. The molecule has 1 N–H and O–H groups in total. The van der Waals surface area contributed by atoms with E-state index in [9.17, 15) is 9.59 Å². The third kappa shape index (κ3) is 5.80. The lowest BCUT2D eigenvalue weighted by Gasteiger charge is -2.14. The van der Waals surface area contributed by atoms with Crippen LogP contribution in [-0.4, -0.2) is 24.6 Å². The van der Waals surface area contributed by atoms with E-state index in [1.165, 1.54) is 0 Å². The molecule has 1 atom stereocenters. The quantitative estimate of drug-likeness (QED) is 0.792. The van der Waals surface area contributed by atoms with Crippen LogP contribution < -0.4 is 10.1 Å². The van der Waals surface area contributed by atoms with Crippen molar-refractivity contribution in [2.24, 2.45) is 0 Å². The molecule has 1 amide bonds. The lowest BCUT2D eigenvalue weighted by molar-refractivity contribution is -0.153. The maximum atomic E-state index is 11.9. The second-order valence-corrected chi connectivity index (χ2v) is 6.12. The van der Waals surface area contributed by atoms with E-state index < -0.39 is 18.0 Å². The largest absolute Gasteiger partial charge is 0.479 e. The Labute approximate surface area is 151 Å². The summed E-state index contributed by atoms with van der Waals surface area (Å²) in [6.45, 7) is 5.05. The van der Waals surface area contributed by atoms with Crippen molar-refractivity contribution in [3.63, 3.8) is 0 Å². The highest BCUT2D eigenvalue weighted by molar-refractivity contribution is 6.30. The number of amides is 1. The van der Waals surface area contributed by atoms with Gasteiger partial charge in [0.2, 0.25) is 0 Å². The average molecular weight is 362 g/mol. The molecule has 0 aliphatic heterocycles. The number of hydrogen-bond donors (Lipinski definition) is 1. The molecule has 0 aliphatic carbocycles. The maximum absolute atomic E-state index is 11.9. The molecular formula is C19H20ClNO4. The zero-order valence-electron chi connectivity index (χ0n) is 14.3. The highest BCUT2D eigenvalue weighted by Gasteiger charge is 2.18. The number of ether oxygens (including phenoxy) is 2. The van der Waals surface area contributed by atoms with Crippen molar-refractivity contribution in [1.29, 1.82) is 0 Å². The van der Waals surface area contributed by atoms with Crippen LogP contribution in [0.2, 0.25) is 5.02 Å². The van der Waals surface area contributed by atoms with Crippen molar-refractivity contribution in [3.05, 3.63) is 58.6 Å². The fraction of sp³-hybridized carbons (Fsp3) is 0.263. The minimum absolute atomic E-state index is 0.375. The molecule has 0 heterocycles. The van der Waals surface area contributed by atoms with Gasteiger partial charge in [-0.15, -0.1) is 0 Å². The van der Waals surface area contributed by atoms with Crippen LogP contribution in [0.4, 0.5) is 5.69 Å². The summed E-state index contributed by atoms with van der Waals surface area (Å²) in [6.07, 6.45) is -0.838. The lowest BCUT2D eigenvalue weighted by atomic mass is 10.1. The minimum atomic E-state index is -0.838. The van der Waals surface area contributed by atoms with Gasteiger partial charge in [0.05, 0.1) is 0 Å². The number of aryl methyl sites for hydroxylation is 2. The number of rotatable bonds is 6. The highest BCUT2D eigenvalue weighted by atomic mass is 35.5. The molecule has 5 nitrogen and oxygen atoms in total. The molecule has 2 aromatic carbocycles. The molecule has 0 radical (unpaired) electrons. The van der Waals surface area contributed by atoms with Gasteiger partial charge in [-0.25, -0.2) is 4.79 Å². The van der Waals surface area contributed by atoms with Crippen molar-refractivity contribution < 1.29 is 19.1 Å². The van der Waals surface area contributed by atoms with Gasteiger partial charge in [0.15, 0.2) is 12.7 Å². The predicted octanol–water partition coefficient (Wildman–Crippen LogP) is 3.91. The summed E-state index contributed by atoms with van der Waals surface area (Å²) in [5.41, 5.74) is 2.74. The number of halogens is 1. The van der Waals surface area contributed by atoms with Crippen LogP contribution in [0, 0.1) is 13.8 Å². The smallest absolute Gasteiger partial charge is 0.347 e. The Balaban J connectivity index is 1.82. The van der Waals surface area contributed by atoms with Gasteiger partial charge in [0, 0.05) is 10.7 Å². The van der Waals surface area contributed by atoms with Crippen LogP contribution in [0.5, 0.6) is 5.75 Å². The van der Waals surface area contributed by atoms with E-state index in [0.29, 0.717) is 16.5 Å². The van der Waals surface area contributed by atoms with Gasteiger partial charge < -0.3 is 14.8 Å². The Morgan fingerprint density at radius 2 is 1.80 bits per heavy atom. The average Bonchev–Trinajstić information content (AvgIpc) is 2.57. The summed E-state index contributed by atoms with van der Waals surface area (Å²) in [5, 5.41) is 3.29. The van der Waals surface area contributed by atoms with E-state index >= 15 is 0 Å². The predicted molar refractivity (Wildman–Crippen MR) is 97.0 cm³/mol. The third-order valence-electron chi connectivity index (χ3n) is 3.46. The standard InChI is InChI=1S/C19H20ClNO4/c1-12-4-9-17(13(2)10-12)21-18(22)11-24-19(23)14(3)25-16-7-5-15(20)6-8-16/h4-10,14H,11H2,1-3H3,(H,21,22). The maximum Gasteiger partial charge on any atom is 0.347 e. The van der Waals surface area contributed by atoms with Crippen LogP contribution in [-0.2, 0) is 14.3 Å². The van der Waals surface area contributed by atoms with Crippen LogP contribution in [0.25, 0.3) is 0 Å². The molecular weight excluding hydrogens is 342 g/mol. The number of esters is 1. The Morgan fingerprint density at radius 3 is 2.44 bits per heavy atom. The normalized spacial score (nSPS) is 11.5. The van der Waals surface area contributed by atoms with Gasteiger partial charge in [-0.1, -0.05) is 29.3 Å². The Morgan fingerprint density at radius 1 is 1.12 bits per heavy atom. The fourth-order valence-corrected chi connectivity index (χ4v) is 2.29. The van der Waals surface area contributed by atoms with E-state index in [1.807, 2.05) is 32.0 Å². The molecule has 132 valence electrons. The summed E-state index contributed by atoms with van der Waals surface area (Å²) in [5.74, 6) is -0.529. The van der Waals surface area contributed by atoms with Crippen molar-refractivity contribution in [3.8, 4) is 5.75 Å². The molecule has 0 saturated heterocycles. The zero-order valence-corrected chi connectivity index (χ0v) is 15.1. The fourth-order valence-electron chi connectivity index (χ4n) is 2.16. The van der Waals surface area contributed by atoms with E-state index in [1.54, 1.807) is 31.2 Å². The van der Waals surface area contributed by atoms with Crippen molar-refractivity contribution in [1.82, 2.24) is 0 Å². The number of hydrogen-bond acceptors (Lipinski definition) is 4. The minimum Gasteiger partial charge on any atom is -0.479 e. The van der Waals surface area contributed by atoms with Gasteiger partial charge in [0.1, 0.15) is 5.75 Å². The van der Waals surface area contributed by atoms with Gasteiger partial charge in [-0.2, -0.15) is 0 Å². The highest BCUT2D eigenvalue weighted by Crippen LogP contribution is 2.17. The number of nitrogens with one attached hydrogen (secondary N) is 1. The van der Waals surface area contributed by atoms with E-state index in [4.69, 9.17) is 21.1 Å². The first-order valence-corrected chi connectivity index (χ1v) is 8.19. The molecule has 6 heteroatoms. The van der Waals surface area contributed by atoms with E-state index in [0.717, 1.165) is 11.1 Å². The molecule has 0 saturated carbocycles. The monoisotopic (exact) mass is 361 g/mol. The summed E-state index contributed by atoms with van der Waals surface area (Å²) < 4.78 is 10.4. The van der Waals surface area contributed by atoms with E-state index in [-0.39, 0.29) is 6.61 Å². The molecule has 1 unspecified atom stereocenters. The SMILES string of the molecule is Cc1ccc(NC(=O)COC(=O)C(C)Oc2ccc(Cl)cc2)c(C)c1. The van der Waals surface area contributed by atoms with Gasteiger partial charge in [0.25, 0.3) is 5.91 Å². The lowest BCUT2D eigenvalue weighted by Crippen LogP contribution is -2.29. The Kier molecular flexibility index (Phi) is 6.42. The molecule has 0 aromatic heterocycles. The van der Waals surface area contributed by atoms with Crippen LogP contribution in [0.1, 0.15) is 18.1 Å². The summed E-state index contributed by atoms with van der Waals surface area (Å²) in [6, 6.07) is 12.3. The Hall–Kier alpha value is -2.53. The first-order chi connectivity index (χ1) is 11.8. The Bertz CT molecular complexity index is 759. The first-order valence-electron chi connectivity index (χ1n) is 7.81. The summed E-state index contributed by atoms with van der Waals surface area (Å²) >= 11 is 5.79. The van der Waals surface area contributed by atoms with Gasteiger partial charge in [-0.3, -0.25) is 4.79 Å². The van der Waals surface area contributed by atoms with Crippen molar-refractivity contribution in [2.75, 3.05) is 11.9 Å². The number of benzene rings is 2. The molecule has 0 aliphatic rings. The molecule has 0 spiro atoms. The van der Waals surface area contributed by atoms with Crippen molar-refractivity contribution in [2.45, 2.75) is 26.9 Å². The zero-order chi connectivity index (χ0) is 18.4. The number of carbonyl (C=O) groups is 2. The molecule has 2 rings (SSSR count). The van der Waals surface area contributed by atoms with Gasteiger partial charge in [-0.05, 0) is 56.7 Å². The number of anilines is 1. The summed E-state index contributed by atoms with van der Waals surface area (Å²) in [7, 11) is 0. The van der Waals surface area contributed by atoms with Gasteiger partial charge >= 0.3 is 5.97 Å². The van der Waals surface area contributed by atoms with Crippen molar-refractivity contribution >= 4 is 29.2 Å². The second kappa shape index (κ2) is 8.53. The van der Waals surface area contributed by atoms with Crippen LogP contribution >= 0.6 is 11.6 Å². The van der Waals surface area contributed by atoms with Crippen LogP contribution in [0.3, 0.4) is 0 Å². The van der Waals surface area contributed by atoms with Crippen LogP contribution in [0.15, 0.2) is 42.5 Å². The topological polar surface area (TPSA) is 64.6 Å². The van der Waals surface area contributed by atoms with E-state index in [2.05, 4.69) is 5.32 Å².